The Kier molecular flexibility index (Phi) is 3.91. The number of nitrogens with zero attached hydrogens (tertiary/aromatic N) is 5. The van der Waals surface area contributed by atoms with Crippen LogP contribution in [0.4, 0.5) is 0 Å². The predicted octanol–water partition coefficient (Wildman–Crippen LogP) is 1.41. The van der Waals surface area contributed by atoms with E-state index < -0.39 is 0 Å². The van der Waals surface area contributed by atoms with E-state index >= 15 is 0 Å². The van der Waals surface area contributed by atoms with Crippen LogP contribution in [0.15, 0.2) is 29.1 Å². The van der Waals surface area contributed by atoms with Crippen LogP contribution in [-0.2, 0) is 31.4 Å². The SMILES string of the molecule is CN(Cc1nc2ccccc2s1)C(=O)[C@H]1CCc2nn(C)c(=O)n2C1. The minimum Gasteiger partial charge on any atom is -0.339 e. The van der Waals surface area contributed by atoms with Crippen molar-refractivity contribution in [2.24, 2.45) is 13.0 Å². The number of hydrogen-bond donors (Lipinski definition) is 0. The maximum atomic E-state index is 12.8. The summed E-state index contributed by atoms with van der Waals surface area (Å²) in [5.41, 5.74) is 0.814. The van der Waals surface area contributed by atoms with Crippen LogP contribution in [0, 0.1) is 5.92 Å². The molecule has 3 heterocycles. The van der Waals surface area contributed by atoms with Gasteiger partial charge < -0.3 is 4.90 Å². The summed E-state index contributed by atoms with van der Waals surface area (Å²) in [6.07, 6.45) is 1.38. The summed E-state index contributed by atoms with van der Waals surface area (Å²) in [5.74, 6) is 0.639. The third-order valence-corrected chi connectivity index (χ3v) is 5.66. The zero-order valence-electron chi connectivity index (χ0n) is 14.2. The number of rotatable bonds is 3. The number of aryl methyl sites for hydroxylation is 2. The van der Waals surface area contributed by atoms with Crippen molar-refractivity contribution in [2.75, 3.05) is 7.05 Å². The van der Waals surface area contributed by atoms with Gasteiger partial charge in [0, 0.05) is 27.1 Å². The molecule has 0 fully saturated rings. The maximum Gasteiger partial charge on any atom is 0.345 e. The zero-order chi connectivity index (χ0) is 17.6. The van der Waals surface area contributed by atoms with Crippen molar-refractivity contribution in [2.45, 2.75) is 25.9 Å². The number of hydrogen-bond acceptors (Lipinski definition) is 5. The van der Waals surface area contributed by atoms with Gasteiger partial charge in [-0.05, 0) is 18.6 Å². The average Bonchev–Trinajstić information content (AvgIpc) is 3.14. The molecule has 25 heavy (non-hydrogen) atoms. The number of carbonyl (C=O) groups is 1. The quantitative estimate of drug-likeness (QED) is 0.710. The number of para-hydroxylation sites is 1. The average molecular weight is 357 g/mol. The van der Waals surface area contributed by atoms with E-state index in [0.717, 1.165) is 27.5 Å². The number of benzene rings is 1. The van der Waals surface area contributed by atoms with Crippen LogP contribution in [0.25, 0.3) is 10.2 Å². The molecule has 8 heteroatoms. The maximum absolute atomic E-state index is 12.8. The molecule has 2 aromatic heterocycles. The molecule has 0 saturated carbocycles. The molecule has 7 nitrogen and oxygen atoms in total. The highest BCUT2D eigenvalue weighted by molar-refractivity contribution is 7.18. The molecule has 0 aliphatic carbocycles. The highest BCUT2D eigenvalue weighted by Crippen LogP contribution is 2.24. The second-order valence-corrected chi connectivity index (χ2v) is 7.55. The van der Waals surface area contributed by atoms with Crippen LogP contribution in [0.2, 0.25) is 0 Å². The fourth-order valence-electron chi connectivity index (χ4n) is 3.32. The first-order valence-corrected chi connectivity index (χ1v) is 9.06. The lowest BCUT2D eigenvalue weighted by molar-refractivity contribution is -0.135. The Labute approximate surface area is 148 Å². The van der Waals surface area contributed by atoms with Gasteiger partial charge in [-0.25, -0.2) is 14.5 Å². The topological polar surface area (TPSA) is 73.0 Å². The first-order chi connectivity index (χ1) is 12.0. The van der Waals surface area contributed by atoms with Gasteiger partial charge >= 0.3 is 5.69 Å². The molecule has 1 atom stereocenters. The Morgan fingerprint density at radius 1 is 1.40 bits per heavy atom. The molecular weight excluding hydrogens is 338 g/mol. The second-order valence-electron chi connectivity index (χ2n) is 6.44. The molecule has 1 aliphatic rings. The molecule has 4 rings (SSSR count). The number of thiazole rings is 1. The lowest BCUT2D eigenvalue weighted by Crippen LogP contribution is -2.39. The summed E-state index contributed by atoms with van der Waals surface area (Å²) >= 11 is 1.61. The molecular formula is C17H19N5O2S. The van der Waals surface area contributed by atoms with E-state index in [1.807, 2.05) is 24.3 Å². The Morgan fingerprint density at radius 2 is 2.20 bits per heavy atom. The molecule has 0 unspecified atom stereocenters. The van der Waals surface area contributed by atoms with Gasteiger partial charge in [0.2, 0.25) is 5.91 Å². The number of fused-ring (bicyclic) bond motifs is 2. The third-order valence-electron chi connectivity index (χ3n) is 4.64. The van der Waals surface area contributed by atoms with Gasteiger partial charge in [0.05, 0.1) is 22.7 Å². The van der Waals surface area contributed by atoms with E-state index in [4.69, 9.17) is 0 Å². The van der Waals surface area contributed by atoms with Crippen LogP contribution >= 0.6 is 11.3 Å². The number of carbonyl (C=O) groups excluding carboxylic acids is 1. The molecule has 0 N–H and O–H groups in total. The molecule has 1 aliphatic heterocycles. The largest absolute Gasteiger partial charge is 0.345 e. The summed E-state index contributed by atoms with van der Waals surface area (Å²) in [4.78, 5) is 31.2. The van der Waals surface area contributed by atoms with Crippen LogP contribution in [0.5, 0.6) is 0 Å². The second kappa shape index (κ2) is 6.11. The Balaban J connectivity index is 1.49. The molecule has 1 aromatic carbocycles. The van der Waals surface area contributed by atoms with Gasteiger partial charge in [-0.1, -0.05) is 12.1 Å². The summed E-state index contributed by atoms with van der Waals surface area (Å²) in [7, 11) is 3.44. The summed E-state index contributed by atoms with van der Waals surface area (Å²) in [6.45, 7) is 0.897. The Hall–Kier alpha value is -2.48. The highest BCUT2D eigenvalue weighted by Gasteiger charge is 2.29. The highest BCUT2D eigenvalue weighted by atomic mass is 32.1. The van der Waals surface area contributed by atoms with Crippen molar-refractivity contribution < 1.29 is 4.79 Å². The summed E-state index contributed by atoms with van der Waals surface area (Å²) in [6, 6.07) is 7.97. The van der Waals surface area contributed by atoms with Gasteiger partial charge in [-0.3, -0.25) is 9.36 Å². The van der Waals surface area contributed by atoms with Gasteiger partial charge in [-0.15, -0.1) is 11.3 Å². The summed E-state index contributed by atoms with van der Waals surface area (Å²) < 4.78 is 4.09. The molecule has 130 valence electrons. The number of amides is 1. The van der Waals surface area contributed by atoms with Crippen molar-refractivity contribution in [1.29, 1.82) is 0 Å². The summed E-state index contributed by atoms with van der Waals surface area (Å²) in [5, 5.41) is 5.14. The Morgan fingerprint density at radius 3 is 3.00 bits per heavy atom. The van der Waals surface area contributed by atoms with Crippen molar-refractivity contribution in [3.05, 3.63) is 45.6 Å². The van der Waals surface area contributed by atoms with Crippen LogP contribution in [-0.4, -0.2) is 37.2 Å². The Bertz CT molecular complexity index is 969. The smallest absolute Gasteiger partial charge is 0.339 e. The minimum absolute atomic E-state index is 0.0562. The van der Waals surface area contributed by atoms with E-state index in [-0.39, 0.29) is 17.5 Å². The van der Waals surface area contributed by atoms with Crippen molar-refractivity contribution >= 4 is 27.5 Å². The van der Waals surface area contributed by atoms with Crippen molar-refractivity contribution in [3.63, 3.8) is 0 Å². The van der Waals surface area contributed by atoms with Gasteiger partial charge in [0.25, 0.3) is 0 Å². The molecule has 0 bridgehead atoms. The first-order valence-electron chi connectivity index (χ1n) is 8.25. The standard InChI is InChI=1S/C17H19N5O2S/c1-20(10-15-18-12-5-3-4-6-13(12)25-15)16(23)11-7-8-14-19-21(2)17(24)22(14)9-11/h3-6,11H,7-10H2,1-2H3/t11-/m0/s1. The van der Waals surface area contributed by atoms with E-state index in [9.17, 15) is 9.59 Å². The van der Waals surface area contributed by atoms with Crippen LogP contribution < -0.4 is 5.69 Å². The fraction of sp³-hybridized carbons (Fsp3) is 0.412. The normalized spacial score (nSPS) is 16.8. The van der Waals surface area contributed by atoms with Gasteiger partial charge in [0.15, 0.2) is 0 Å². The van der Waals surface area contributed by atoms with E-state index in [1.54, 1.807) is 34.9 Å². The van der Waals surface area contributed by atoms with Crippen molar-refractivity contribution in [3.8, 4) is 0 Å². The lowest BCUT2D eigenvalue weighted by atomic mass is 9.98. The lowest BCUT2D eigenvalue weighted by Gasteiger charge is -2.26. The third kappa shape index (κ3) is 2.86. The van der Waals surface area contributed by atoms with Crippen molar-refractivity contribution in [1.82, 2.24) is 24.2 Å². The van der Waals surface area contributed by atoms with Gasteiger partial charge in [-0.2, -0.15) is 5.10 Å². The van der Waals surface area contributed by atoms with E-state index in [2.05, 4.69) is 10.1 Å². The fourth-order valence-corrected chi connectivity index (χ4v) is 4.34. The number of aromatic nitrogens is 4. The molecule has 0 saturated heterocycles. The van der Waals surface area contributed by atoms with Crippen LogP contribution in [0.1, 0.15) is 17.3 Å². The molecule has 1 amide bonds. The van der Waals surface area contributed by atoms with Gasteiger partial charge in [0.1, 0.15) is 10.8 Å². The predicted molar refractivity (Wildman–Crippen MR) is 95.4 cm³/mol. The van der Waals surface area contributed by atoms with E-state index in [0.29, 0.717) is 19.5 Å². The first kappa shape index (κ1) is 16.0. The minimum atomic E-state index is -0.186. The molecule has 0 radical (unpaired) electrons. The molecule has 3 aromatic rings. The monoisotopic (exact) mass is 357 g/mol. The van der Waals surface area contributed by atoms with E-state index in [1.165, 1.54) is 4.68 Å². The molecule has 0 spiro atoms. The van der Waals surface area contributed by atoms with Crippen LogP contribution in [0.3, 0.4) is 0 Å². The zero-order valence-corrected chi connectivity index (χ0v) is 15.0.